The van der Waals surface area contributed by atoms with Gasteiger partial charge in [0.1, 0.15) is 0 Å². The standard InChI is InChI=1S/C12H22O3/c1-12(15-2,9-11(13)14)8-10-6-4-3-5-7-10/h10H,3-9H2,1-2H3,(H,13,14). The van der Waals surface area contributed by atoms with Crippen LogP contribution in [0.25, 0.3) is 0 Å². The van der Waals surface area contributed by atoms with Crippen LogP contribution >= 0.6 is 0 Å². The van der Waals surface area contributed by atoms with Gasteiger partial charge in [-0.05, 0) is 19.3 Å². The van der Waals surface area contributed by atoms with E-state index in [0.29, 0.717) is 5.92 Å². The Morgan fingerprint density at radius 2 is 2.00 bits per heavy atom. The summed E-state index contributed by atoms with van der Waals surface area (Å²) in [6.07, 6.45) is 7.38. The predicted octanol–water partition coefficient (Wildman–Crippen LogP) is 2.84. The van der Waals surface area contributed by atoms with E-state index in [1.807, 2.05) is 6.92 Å². The fourth-order valence-electron chi connectivity index (χ4n) is 2.55. The van der Waals surface area contributed by atoms with Crippen molar-refractivity contribution < 1.29 is 14.6 Å². The summed E-state index contributed by atoms with van der Waals surface area (Å²) in [5, 5.41) is 8.83. The number of rotatable bonds is 5. The molecule has 1 rings (SSSR count). The van der Waals surface area contributed by atoms with Crippen LogP contribution in [-0.2, 0) is 9.53 Å². The minimum atomic E-state index is -0.768. The van der Waals surface area contributed by atoms with Crippen molar-refractivity contribution in [2.75, 3.05) is 7.11 Å². The quantitative estimate of drug-likeness (QED) is 0.765. The molecule has 88 valence electrons. The maximum Gasteiger partial charge on any atom is 0.306 e. The van der Waals surface area contributed by atoms with Gasteiger partial charge in [-0.3, -0.25) is 4.79 Å². The van der Waals surface area contributed by atoms with Crippen LogP contribution in [-0.4, -0.2) is 23.8 Å². The molecule has 1 aliphatic rings. The van der Waals surface area contributed by atoms with Crippen molar-refractivity contribution in [3.05, 3.63) is 0 Å². The molecule has 1 unspecified atom stereocenters. The van der Waals surface area contributed by atoms with Crippen LogP contribution in [0, 0.1) is 5.92 Å². The lowest BCUT2D eigenvalue weighted by molar-refractivity contribution is -0.144. The van der Waals surface area contributed by atoms with Crippen molar-refractivity contribution in [2.24, 2.45) is 5.92 Å². The first-order valence-electron chi connectivity index (χ1n) is 5.83. The van der Waals surface area contributed by atoms with Crippen LogP contribution in [0.1, 0.15) is 51.9 Å². The van der Waals surface area contributed by atoms with E-state index < -0.39 is 11.6 Å². The maximum atomic E-state index is 10.7. The second kappa shape index (κ2) is 5.50. The first-order chi connectivity index (χ1) is 7.06. The molecule has 0 aromatic rings. The molecule has 15 heavy (non-hydrogen) atoms. The molecule has 1 saturated carbocycles. The molecule has 1 N–H and O–H groups in total. The number of carboxylic acid groups (broad SMARTS) is 1. The molecule has 1 atom stereocenters. The number of hydrogen-bond acceptors (Lipinski definition) is 2. The third-order valence-corrected chi connectivity index (χ3v) is 3.46. The zero-order valence-corrected chi connectivity index (χ0v) is 9.79. The fraction of sp³-hybridized carbons (Fsp3) is 0.917. The lowest BCUT2D eigenvalue weighted by Crippen LogP contribution is -2.33. The van der Waals surface area contributed by atoms with Crippen LogP contribution in [0.15, 0.2) is 0 Å². The predicted molar refractivity (Wildman–Crippen MR) is 58.9 cm³/mol. The molecule has 0 amide bonds. The Hall–Kier alpha value is -0.570. The van der Waals surface area contributed by atoms with Crippen LogP contribution in [0.5, 0.6) is 0 Å². The highest BCUT2D eigenvalue weighted by Gasteiger charge is 2.31. The van der Waals surface area contributed by atoms with E-state index in [1.165, 1.54) is 32.1 Å². The molecule has 0 spiro atoms. The van der Waals surface area contributed by atoms with Gasteiger partial charge < -0.3 is 9.84 Å². The third-order valence-electron chi connectivity index (χ3n) is 3.46. The summed E-state index contributed by atoms with van der Waals surface area (Å²) in [5.74, 6) is -0.113. The van der Waals surface area contributed by atoms with Crippen LogP contribution < -0.4 is 0 Å². The van der Waals surface area contributed by atoms with Crippen molar-refractivity contribution >= 4 is 5.97 Å². The first kappa shape index (κ1) is 12.5. The van der Waals surface area contributed by atoms with Crippen molar-refractivity contribution in [3.8, 4) is 0 Å². The number of carboxylic acids is 1. The Morgan fingerprint density at radius 1 is 1.40 bits per heavy atom. The van der Waals surface area contributed by atoms with Crippen molar-refractivity contribution in [3.63, 3.8) is 0 Å². The molecule has 0 heterocycles. The largest absolute Gasteiger partial charge is 0.481 e. The fourth-order valence-corrected chi connectivity index (χ4v) is 2.55. The Labute approximate surface area is 91.8 Å². The van der Waals surface area contributed by atoms with Crippen LogP contribution in [0.2, 0.25) is 0 Å². The van der Waals surface area contributed by atoms with Gasteiger partial charge in [0.2, 0.25) is 0 Å². The van der Waals surface area contributed by atoms with E-state index in [1.54, 1.807) is 7.11 Å². The van der Waals surface area contributed by atoms with Gasteiger partial charge in [-0.15, -0.1) is 0 Å². The number of ether oxygens (including phenoxy) is 1. The summed E-state index contributed by atoms with van der Waals surface area (Å²) in [6.45, 7) is 1.91. The summed E-state index contributed by atoms with van der Waals surface area (Å²) in [5.41, 5.74) is -0.478. The molecule has 3 nitrogen and oxygen atoms in total. The Bertz CT molecular complexity index is 209. The second-order valence-electron chi connectivity index (χ2n) is 4.93. The molecular weight excluding hydrogens is 192 g/mol. The molecule has 1 aliphatic carbocycles. The highest BCUT2D eigenvalue weighted by Crippen LogP contribution is 2.33. The van der Waals surface area contributed by atoms with Crippen molar-refractivity contribution in [1.29, 1.82) is 0 Å². The Morgan fingerprint density at radius 3 is 2.47 bits per heavy atom. The molecular formula is C12H22O3. The van der Waals surface area contributed by atoms with E-state index in [0.717, 1.165) is 6.42 Å². The molecule has 1 fully saturated rings. The molecule has 0 radical (unpaired) electrons. The molecule has 0 aromatic carbocycles. The Balaban J connectivity index is 2.46. The minimum Gasteiger partial charge on any atom is -0.481 e. The number of methoxy groups -OCH3 is 1. The number of hydrogen-bond donors (Lipinski definition) is 1. The summed E-state index contributed by atoms with van der Waals surface area (Å²) >= 11 is 0. The van der Waals surface area contributed by atoms with E-state index in [-0.39, 0.29) is 6.42 Å². The summed E-state index contributed by atoms with van der Waals surface area (Å²) in [6, 6.07) is 0. The lowest BCUT2D eigenvalue weighted by Gasteiger charge is -2.32. The Kier molecular flexibility index (Phi) is 4.58. The van der Waals surface area contributed by atoms with Gasteiger partial charge in [0.05, 0.1) is 12.0 Å². The van der Waals surface area contributed by atoms with Crippen LogP contribution in [0.4, 0.5) is 0 Å². The monoisotopic (exact) mass is 214 g/mol. The van der Waals surface area contributed by atoms with Gasteiger partial charge in [-0.2, -0.15) is 0 Å². The second-order valence-corrected chi connectivity index (χ2v) is 4.93. The first-order valence-corrected chi connectivity index (χ1v) is 5.83. The van der Waals surface area contributed by atoms with E-state index in [9.17, 15) is 4.79 Å². The summed E-state index contributed by atoms with van der Waals surface area (Å²) in [4.78, 5) is 10.7. The number of aliphatic carboxylic acids is 1. The van der Waals surface area contributed by atoms with Gasteiger partial charge in [0.15, 0.2) is 0 Å². The minimum absolute atomic E-state index is 0.111. The average Bonchev–Trinajstić information content (AvgIpc) is 2.18. The van der Waals surface area contributed by atoms with E-state index in [4.69, 9.17) is 9.84 Å². The topological polar surface area (TPSA) is 46.5 Å². The normalized spacial score (nSPS) is 22.3. The molecule has 0 saturated heterocycles. The lowest BCUT2D eigenvalue weighted by atomic mass is 9.80. The molecule has 3 heteroatoms. The molecule has 0 aromatic heterocycles. The smallest absolute Gasteiger partial charge is 0.306 e. The highest BCUT2D eigenvalue weighted by atomic mass is 16.5. The van der Waals surface area contributed by atoms with Crippen LogP contribution in [0.3, 0.4) is 0 Å². The van der Waals surface area contributed by atoms with Gasteiger partial charge in [0.25, 0.3) is 0 Å². The zero-order chi connectivity index (χ0) is 11.3. The SMILES string of the molecule is COC(C)(CC(=O)O)CC1CCCCC1. The van der Waals surface area contributed by atoms with Gasteiger partial charge in [-0.1, -0.05) is 32.1 Å². The van der Waals surface area contributed by atoms with Gasteiger partial charge in [0, 0.05) is 7.11 Å². The summed E-state index contributed by atoms with van der Waals surface area (Å²) < 4.78 is 5.37. The molecule has 0 bridgehead atoms. The van der Waals surface area contributed by atoms with Crippen molar-refractivity contribution in [1.82, 2.24) is 0 Å². The maximum absolute atomic E-state index is 10.7. The molecule has 0 aliphatic heterocycles. The number of carbonyl (C=O) groups is 1. The van der Waals surface area contributed by atoms with E-state index in [2.05, 4.69) is 0 Å². The van der Waals surface area contributed by atoms with Gasteiger partial charge >= 0.3 is 5.97 Å². The van der Waals surface area contributed by atoms with Crippen molar-refractivity contribution in [2.45, 2.75) is 57.5 Å². The average molecular weight is 214 g/mol. The zero-order valence-electron chi connectivity index (χ0n) is 9.79. The van der Waals surface area contributed by atoms with Gasteiger partial charge in [-0.25, -0.2) is 0 Å². The highest BCUT2D eigenvalue weighted by molar-refractivity contribution is 5.68. The van der Waals surface area contributed by atoms with E-state index >= 15 is 0 Å². The summed E-state index contributed by atoms with van der Waals surface area (Å²) in [7, 11) is 1.62. The third kappa shape index (κ3) is 4.20.